The maximum Gasteiger partial charge on any atom is 0.221 e. The van der Waals surface area contributed by atoms with E-state index in [2.05, 4.69) is 17.0 Å². The Morgan fingerprint density at radius 2 is 2.06 bits per heavy atom. The summed E-state index contributed by atoms with van der Waals surface area (Å²) in [5.41, 5.74) is 13.2. The molecule has 1 amide bonds. The van der Waals surface area contributed by atoms with E-state index in [0.29, 0.717) is 13.1 Å². The van der Waals surface area contributed by atoms with Crippen LogP contribution in [0.3, 0.4) is 0 Å². The molecule has 0 aliphatic rings. The monoisotopic (exact) mass is 235 g/mol. The van der Waals surface area contributed by atoms with E-state index in [1.165, 1.54) is 5.56 Å². The van der Waals surface area contributed by atoms with Gasteiger partial charge in [-0.1, -0.05) is 31.2 Å². The van der Waals surface area contributed by atoms with Crippen molar-refractivity contribution in [2.24, 2.45) is 17.4 Å². The second kappa shape index (κ2) is 6.37. The smallest absolute Gasteiger partial charge is 0.221 e. The number of benzene rings is 1. The summed E-state index contributed by atoms with van der Waals surface area (Å²) in [5.74, 6) is -0.384. The van der Waals surface area contributed by atoms with Gasteiger partial charge in [-0.2, -0.15) is 0 Å². The summed E-state index contributed by atoms with van der Waals surface area (Å²) in [6.45, 7) is 3.86. The van der Waals surface area contributed by atoms with Crippen LogP contribution in [-0.4, -0.2) is 24.4 Å². The van der Waals surface area contributed by atoms with Crippen LogP contribution in [0, 0.1) is 5.92 Å². The van der Waals surface area contributed by atoms with Crippen LogP contribution in [0.25, 0.3) is 0 Å². The molecule has 0 radical (unpaired) electrons. The van der Waals surface area contributed by atoms with Crippen LogP contribution < -0.4 is 11.5 Å². The van der Waals surface area contributed by atoms with Crippen LogP contribution >= 0.6 is 0 Å². The molecule has 0 aliphatic heterocycles. The Balaban J connectivity index is 2.55. The quantitative estimate of drug-likeness (QED) is 0.762. The number of carbonyl (C=O) groups is 1. The van der Waals surface area contributed by atoms with Crippen LogP contribution in [0.15, 0.2) is 24.3 Å². The van der Waals surface area contributed by atoms with Gasteiger partial charge in [-0.05, 0) is 18.2 Å². The highest BCUT2D eigenvalue weighted by molar-refractivity contribution is 5.76. The lowest BCUT2D eigenvalue weighted by atomic mass is 10.1. The fraction of sp³-hybridized carbons (Fsp3) is 0.462. The molecule has 0 aromatic heterocycles. The first-order chi connectivity index (χ1) is 8.02. The van der Waals surface area contributed by atoms with Gasteiger partial charge in [0.25, 0.3) is 0 Å². The predicted octanol–water partition coefficient (Wildman–Crippen LogP) is 0.699. The zero-order valence-electron chi connectivity index (χ0n) is 10.5. The normalized spacial score (nSPS) is 12.7. The predicted molar refractivity (Wildman–Crippen MR) is 69.0 cm³/mol. The summed E-state index contributed by atoms with van der Waals surface area (Å²) in [6, 6.07) is 8.16. The van der Waals surface area contributed by atoms with Gasteiger partial charge >= 0.3 is 0 Å². The van der Waals surface area contributed by atoms with Crippen molar-refractivity contribution < 1.29 is 4.79 Å². The summed E-state index contributed by atoms with van der Waals surface area (Å²) in [7, 11) is 1.98. The molecule has 1 aromatic carbocycles. The molecule has 0 aliphatic carbocycles. The van der Waals surface area contributed by atoms with E-state index in [0.717, 1.165) is 12.1 Å². The van der Waals surface area contributed by atoms with Gasteiger partial charge in [0, 0.05) is 25.6 Å². The van der Waals surface area contributed by atoms with Crippen molar-refractivity contribution in [3.63, 3.8) is 0 Å². The van der Waals surface area contributed by atoms with E-state index in [1.54, 1.807) is 0 Å². The molecule has 0 bridgehead atoms. The second-order valence-corrected chi connectivity index (χ2v) is 4.52. The van der Waals surface area contributed by atoms with Gasteiger partial charge in [-0.3, -0.25) is 4.79 Å². The molecule has 1 aromatic rings. The third-order valence-electron chi connectivity index (χ3n) is 2.75. The summed E-state index contributed by atoms with van der Waals surface area (Å²) in [5, 5.41) is 0. The number of primary amides is 1. The van der Waals surface area contributed by atoms with Gasteiger partial charge in [-0.15, -0.1) is 0 Å². The molecule has 1 unspecified atom stereocenters. The van der Waals surface area contributed by atoms with E-state index in [4.69, 9.17) is 11.5 Å². The van der Waals surface area contributed by atoms with E-state index < -0.39 is 0 Å². The molecular weight excluding hydrogens is 214 g/mol. The summed E-state index contributed by atoms with van der Waals surface area (Å²) in [4.78, 5) is 13.1. The number of carbonyl (C=O) groups excluding carboxylic acids is 1. The molecule has 1 atom stereocenters. The van der Waals surface area contributed by atoms with Crippen LogP contribution in [0.4, 0.5) is 0 Å². The SMILES string of the molecule is CC(CN(C)Cc1cccc(CN)c1)C(N)=O. The summed E-state index contributed by atoms with van der Waals surface area (Å²) < 4.78 is 0. The number of amides is 1. The fourth-order valence-corrected chi connectivity index (χ4v) is 1.79. The van der Waals surface area contributed by atoms with Crippen molar-refractivity contribution >= 4 is 5.91 Å². The molecule has 4 heteroatoms. The number of rotatable bonds is 6. The van der Waals surface area contributed by atoms with Gasteiger partial charge < -0.3 is 16.4 Å². The lowest BCUT2D eigenvalue weighted by Gasteiger charge is -2.19. The number of hydrogen-bond acceptors (Lipinski definition) is 3. The molecule has 4 N–H and O–H groups in total. The molecule has 0 fully saturated rings. The maximum absolute atomic E-state index is 11.0. The second-order valence-electron chi connectivity index (χ2n) is 4.52. The highest BCUT2D eigenvalue weighted by Crippen LogP contribution is 2.08. The molecule has 17 heavy (non-hydrogen) atoms. The molecule has 4 nitrogen and oxygen atoms in total. The Bertz CT molecular complexity index is 379. The van der Waals surface area contributed by atoms with Gasteiger partial charge in [-0.25, -0.2) is 0 Å². The molecule has 94 valence electrons. The highest BCUT2D eigenvalue weighted by atomic mass is 16.1. The van der Waals surface area contributed by atoms with Gasteiger partial charge in [0.1, 0.15) is 0 Å². The fourth-order valence-electron chi connectivity index (χ4n) is 1.79. The van der Waals surface area contributed by atoms with Crippen molar-refractivity contribution in [3.05, 3.63) is 35.4 Å². The lowest BCUT2D eigenvalue weighted by Crippen LogP contribution is -2.32. The van der Waals surface area contributed by atoms with Crippen molar-refractivity contribution in [2.75, 3.05) is 13.6 Å². The molecule has 0 heterocycles. The average molecular weight is 235 g/mol. The van der Waals surface area contributed by atoms with Gasteiger partial charge in [0.15, 0.2) is 0 Å². The number of nitrogens with two attached hydrogens (primary N) is 2. The molecule has 0 spiro atoms. The van der Waals surface area contributed by atoms with E-state index in [1.807, 2.05) is 26.1 Å². The van der Waals surface area contributed by atoms with Gasteiger partial charge in [0.05, 0.1) is 0 Å². The first kappa shape index (κ1) is 13.7. The minimum atomic E-state index is -0.257. The third-order valence-corrected chi connectivity index (χ3v) is 2.75. The maximum atomic E-state index is 11.0. The number of hydrogen-bond donors (Lipinski definition) is 2. The molecule has 1 rings (SSSR count). The summed E-state index contributed by atoms with van der Waals surface area (Å²) in [6.07, 6.45) is 0. The minimum absolute atomic E-state index is 0.127. The third kappa shape index (κ3) is 4.54. The van der Waals surface area contributed by atoms with Crippen LogP contribution in [-0.2, 0) is 17.9 Å². The van der Waals surface area contributed by atoms with Crippen LogP contribution in [0.5, 0.6) is 0 Å². The number of nitrogens with zero attached hydrogens (tertiary/aromatic N) is 1. The Morgan fingerprint density at radius 1 is 1.41 bits per heavy atom. The zero-order chi connectivity index (χ0) is 12.8. The van der Waals surface area contributed by atoms with Crippen molar-refractivity contribution in [2.45, 2.75) is 20.0 Å². The molecular formula is C13H21N3O. The Hall–Kier alpha value is -1.39. The first-order valence-corrected chi connectivity index (χ1v) is 5.78. The summed E-state index contributed by atoms with van der Waals surface area (Å²) >= 11 is 0. The molecule has 0 saturated carbocycles. The zero-order valence-corrected chi connectivity index (χ0v) is 10.5. The Kier molecular flexibility index (Phi) is 5.12. The first-order valence-electron chi connectivity index (χ1n) is 5.78. The average Bonchev–Trinajstić information content (AvgIpc) is 2.28. The largest absolute Gasteiger partial charge is 0.369 e. The van der Waals surface area contributed by atoms with E-state index >= 15 is 0 Å². The Morgan fingerprint density at radius 3 is 2.65 bits per heavy atom. The Labute approximate surface area is 103 Å². The standard InChI is InChI=1S/C13H21N3O/c1-10(13(15)17)8-16(2)9-12-5-3-4-11(6-12)7-14/h3-6,10H,7-9,14H2,1-2H3,(H2,15,17). The van der Waals surface area contributed by atoms with Crippen molar-refractivity contribution in [3.8, 4) is 0 Å². The van der Waals surface area contributed by atoms with Crippen molar-refractivity contribution in [1.82, 2.24) is 4.90 Å². The van der Waals surface area contributed by atoms with Crippen molar-refractivity contribution in [1.29, 1.82) is 0 Å². The minimum Gasteiger partial charge on any atom is -0.369 e. The topological polar surface area (TPSA) is 72.3 Å². The van der Waals surface area contributed by atoms with E-state index in [9.17, 15) is 4.79 Å². The lowest BCUT2D eigenvalue weighted by molar-refractivity contribution is -0.121. The highest BCUT2D eigenvalue weighted by Gasteiger charge is 2.11. The van der Waals surface area contributed by atoms with Crippen LogP contribution in [0.1, 0.15) is 18.1 Å². The van der Waals surface area contributed by atoms with Gasteiger partial charge in [0.2, 0.25) is 5.91 Å². The molecule has 0 saturated heterocycles. The van der Waals surface area contributed by atoms with Crippen LogP contribution in [0.2, 0.25) is 0 Å². The van der Waals surface area contributed by atoms with E-state index in [-0.39, 0.29) is 11.8 Å².